The Bertz CT molecular complexity index is 627. The number of hydrogen-bond acceptors (Lipinski definition) is 1. The number of aromatic hydroxyl groups is 1. The molecule has 1 saturated carbocycles. The van der Waals surface area contributed by atoms with Gasteiger partial charge in [0.2, 0.25) is 5.82 Å². The Morgan fingerprint density at radius 2 is 1.79 bits per heavy atom. The molecule has 1 aromatic carbocycles. The zero-order chi connectivity index (χ0) is 17.1. The SMILES string of the molecule is CCCc1c(O)c(F)c(F)c(C2=CCCCC2)c1C1CCCCC1. The van der Waals surface area contributed by atoms with Crippen molar-refractivity contribution in [3.05, 3.63) is 34.4 Å². The Labute approximate surface area is 143 Å². The molecule has 0 heterocycles. The fourth-order valence-corrected chi connectivity index (χ4v) is 4.47. The number of rotatable bonds is 4. The normalized spacial score (nSPS) is 19.4. The summed E-state index contributed by atoms with van der Waals surface area (Å²) >= 11 is 0. The van der Waals surface area contributed by atoms with E-state index in [2.05, 4.69) is 6.08 Å². The molecular formula is C21H28F2O. The van der Waals surface area contributed by atoms with Crippen molar-refractivity contribution in [2.75, 3.05) is 0 Å². The summed E-state index contributed by atoms with van der Waals surface area (Å²) in [4.78, 5) is 0. The summed E-state index contributed by atoms with van der Waals surface area (Å²) in [6.45, 7) is 2.02. The van der Waals surface area contributed by atoms with E-state index in [1.165, 1.54) is 6.42 Å². The van der Waals surface area contributed by atoms with Crippen LogP contribution in [-0.2, 0) is 6.42 Å². The highest BCUT2D eigenvalue weighted by molar-refractivity contribution is 5.72. The number of phenols is 1. The van der Waals surface area contributed by atoms with Crippen molar-refractivity contribution in [3.8, 4) is 5.75 Å². The van der Waals surface area contributed by atoms with Gasteiger partial charge in [0.1, 0.15) is 0 Å². The number of halogens is 2. The molecule has 0 aliphatic heterocycles. The van der Waals surface area contributed by atoms with Crippen molar-refractivity contribution in [3.63, 3.8) is 0 Å². The van der Waals surface area contributed by atoms with Gasteiger partial charge >= 0.3 is 0 Å². The molecule has 0 spiro atoms. The third-order valence-corrected chi connectivity index (χ3v) is 5.63. The van der Waals surface area contributed by atoms with Crippen LogP contribution in [-0.4, -0.2) is 5.11 Å². The Hall–Kier alpha value is -1.38. The van der Waals surface area contributed by atoms with Gasteiger partial charge in [0.25, 0.3) is 0 Å². The molecule has 2 aliphatic rings. The lowest BCUT2D eigenvalue weighted by Crippen LogP contribution is -2.14. The standard InChI is InChI=1S/C21H28F2O/c1-2-9-16-17(14-10-5-3-6-11-14)18(15-12-7-4-8-13-15)19(22)20(23)21(16)24/h12,14,24H,2-11,13H2,1H3. The van der Waals surface area contributed by atoms with Gasteiger partial charge in [0.15, 0.2) is 11.6 Å². The number of hydrogen-bond donors (Lipinski definition) is 1. The summed E-state index contributed by atoms with van der Waals surface area (Å²) in [7, 11) is 0. The van der Waals surface area contributed by atoms with Crippen molar-refractivity contribution in [1.82, 2.24) is 0 Å². The third kappa shape index (κ3) is 3.22. The molecule has 0 aromatic heterocycles. The highest BCUT2D eigenvalue weighted by Crippen LogP contribution is 2.45. The van der Waals surface area contributed by atoms with Crippen LogP contribution >= 0.6 is 0 Å². The van der Waals surface area contributed by atoms with Crippen LogP contribution in [0.2, 0.25) is 0 Å². The van der Waals surface area contributed by atoms with Gasteiger partial charge in [0, 0.05) is 11.1 Å². The van der Waals surface area contributed by atoms with Gasteiger partial charge in [-0.1, -0.05) is 38.7 Å². The molecular weight excluding hydrogens is 306 g/mol. The van der Waals surface area contributed by atoms with Crippen molar-refractivity contribution in [1.29, 1.82) is 0 Å². The van der Waals surface area contributed by atoms with E-state index in [-0.39, 0.29) is 5.92 Å². The first kappa shape index (κ1) is 17.4. The third-order valence-electron chi connectivity index (χ3n) is 5.63. The Balaban J connectivity index is 2.21. The van der Waals surface area contributed by atoms with Gasteiger partial charge in [-0.05, 0) is 62.0 Å². The predicted octanol–water partition coefficient (Wildman–Crippen LogP) is 6.63. The molecule has 1 nitrogen and oxygen atoms in total. The molecule has 1 N–H and O–H groups in total. The average molecular weight is 334 g/mol. The molecule has 0 radical (unpaired) electrons. The second-order valence-corrected chi connectivity index (χ2v) is 7.30. The van der Waals surface area contributed by atoms with Crippen LogP contribution in [0.1, 0.15) is 93.7 Å². The van der Waals surface area contributed by atoms with E-state index in [1.54, 1.807) is 0 Å². The van der Waals surface area contributed by atoms with E-state index >= 15 is 0 Å². The van der Waals surface area contributed by atoms with Crippen LogP contribution in [0.5, 0.6) is 5.75 Å². The molecule has 3 heteroatoms. The van der Waals surface area contributed by atoms with E-state index in [4.69, 9.17) is 0 Å². The first-order valence-electron chi connectivity index (χ1n) is 9.57. The summed E-state index contributed by atoms with van der Waals surface area (Å²) in [5.41, 5.74) is 3.02. The Kier molecular flexibility index (Phi) is 5.57. The lowest BCUT2D eigenvalue weighted by Gasteiger charge is -2.29. The first-order chi connectivity index (χ1) is 11.6. The first-order valence-corrected chi connectivity index (χ1v) is 9.57. The minimum absolute atomic E-state index is 0.249. The molecule has 0 atom stereocenters. The summed E-state index contributed by atoms with van der Waals surface area (Å²) in [6.07, 6.45) is 12.9. The van der Waals surface area contributed by atoms with Gasteiger partial charge in [-0.3, -0.25) is 0 Å². The van der Waals surface area contributed by atoms with Gasteiger partial charge in [-0.25, -0.2) is 4.39 Å². The van der Waals surface area contributed by atoms with Gasteiger partial charge in [-0.2, -0.15) is 4.39 Å². The molecule has 0 saturated heterocycles. The number of phenolic OH excluding ortho intramolecular Hbond substituents is 1. The monoisotopic (exact) mass is 334 g/mol. The van der Waals surface area contributed by atoms with Crippen LogP contribution in [0.15, 0.2) is 6.08 Å². The van der Waals surface area contributed by atoms with Gasteiger partial charge in [0.05, 0.1) is 0 Å². The van der Waals surface area contributed by atoms with E-state index in [0.29, 0.717) is 17.5 Å². The van der Waals surface area contributed by atoms with Crippen molar-refractivity contribution < 1.29 is 13.9 Å². The van der Waals surface area contributed by atoms with E-state index in [0.717, 1.165) is 68.9 Å². The molecule has 0 bridgehead atoms. The lowest BCUT2D eigenvalue weighted by atomic mass is 9.76. The van der Waals surface area contributed by atoms with Crippen LogP contribution in [0.4, 0.5) is 8.78 Å². The van der Waals surface area contributed by atoms with Gasteiger partial charge < -0.3 is 5.11 Å². The average Bonchev–Trinajstić information content (AvgIpc) is 2.63. The summed E-state index contributed by atoms with van der Waals surface area (Å²) < 4.78 is 29.3. The number of allylic oxidation sites excluding steroid dienone is 2. The maximum Gasteiger partial charge on any atom is 0.201 e. The minimum Gasteiger partial charge on any atom is -0.505 e. The quantitative estimate of drug-likeness (QED) is 0.655. The van der Waals surface area contributed by atoms with Gasteiger partial charge in [-0.15, -0.1) is 0 Å². The van der Waals surface area contributed by atoms with Crippen molar-refractivity contribution in [2.45, 2.75) is 83.5 Å². The summed E-state index contributed by atoms with van der Waals surface area (Å²) in [5, 5.41) is 10.3. The second-order valence-electron chi connectivity index (χ2n) is 7.30. The van der Waals surface area contributed by atoms with E-state index in [9.17, 15) is 13.9 Å². The second kappa shape index (κ2) is 7.67. The van der Waals surface area contributed by atoms with Crippen molar-refractivity contribution >= 4 is 5.57 Å². The highest BCUT2D eigenvalue weighted by Gasteiger charge is 2.30. The smallest absolute Gasteiger partial charge is 0.201 e. The maximum absolute atomic E-state index is 14.9. The van der Waals surface area contributed by atoms with Crippen LogP contribution in [0.25, 0.3) is 5.57 Å². The van der Waals surface area contributed by atoms with Crippen LogP contribution < -0.4 is 0 Å². The predicted molar refractivity (Wildman–Crippen MR) is 94.3 cm³/mol. The molecule has 132 valence electrons. The highest BCUT2D eigenvalue weighted by atomic mass is 19.2. The van der Waals surface area contributed by atoms with Crippen LogP contribution in [0, 0.1) is 11.6 Å². The van der Waals surface area contributed by atoms with E-state index in [1.807, 2.05) is 6.92 Å². The number of benzene rings is 1. The minimum atomic E-state index is -1.06. The lowest BCUT2D eigenvalue weighted by molar-refractivity contribution is 0.389. The van der Waals surface area contributed by atoms with Crippen LogP contribution in [0.3, 0.4) is 0 Å². The van der Waals surface area contributed by atoms with E-state index < -0.39 is 17.4 Å². The molecule has 1 fully saturated rings. The fourth-order valence-electron chi connectivity index (χ4n) is 4.47. The largest absolute Gasteiger partial charge is 0.505 e. The molecule has 3 rings (SSSR count). The summed E-state index contributed by atoms with van der Waals surface area (Å²) in [6, 6.07) is 0. The van der Waals surface area contributed by atoms with Crippen molar-refractivity contribution in [2.24, 2.45) is 0 Å². The Morgan fingerprint density at radius 1 is 1.04 bits per heavy atom. The molecule has 24 heavy (non-hydrogen) atoms. The topological polar surface area (TPSA) is 20.2 Å². The fraction of sp³-hybridized carbons (Fsp3) is 0.619. The molecule has 2 aliphatic carbocycles. The maximum atomic E-state index is 14.9. The molecule has 1 aromatic rings. The Morgan fingerprint density at radius 3 is 2.42 bits per heavy atom. The molecule has 0 amide bonds. The molecule has 0 unspecified atom stereocenters. The summed E-state index contributed by atoms with van der Waals surface area (Å²) in [5.74, 6) is -2.09. The zero-order valence-electron chi connectivity index (χ0n) is 14.6. The zero-order valence-corrected chi connectivity index (χ0v) is 14.6.